The molecule has 1 aromatic rings. The molecule has 0 bridgehead atoms. The molecule has 1 saturated heterocycles. The molecule has 106 valence electrons. The molecule has 3 nitrogen and oxygen atoms in total. The zero-order valence-corrected chi connectivity index (χ0v) is 12.5. The van der Waals surface area contributed by atoms with E-state index >= 15 is 0 Å². The van der Waals surface area contributed by atoms with Gasteiger partial charge in [-0.1, -0.05) is 23.8 Å². The monoisotopic (exact) mass is 261 g/mol. The first-order valence-electron chi connectivity index (χ1n) is 7.34. The molecule has 0 aliphatic carbocycles. The first kappa shape index (κ1) is 14.5. The molecule has 0 aromatic heterocycles. The third kappa shape index (κ3) is 4.60. The second kappa shape index (κ2) is 7.04. The molecule has 0 amide bonds. The van der Waals surface area contributed by atoms with E-state index in [1.54, 1.807) is 0 Å². The predicted molar refractivity (Wildman–Crippen MR) is 81.8 cm³/mol. The van der Waals surface area contributed by atoms with Gasteiger partial charge in [0, 0.05) is 32.2 Å². The Labute approximate surface area is 117 Å². The van der Waals surface area contributed by atoms with Crippen LogP contribution in [-0.4, -0.2) is 50.7 Å². The number of likely N-dealkylation sites (N-methyl/N-ethyl adjacent to an activating group) is 1. The van der Waals surface area contributed by atoms with E-state index in [1.807, 2.05) is 0 Å². The average Bonchev–Trinajstić information content (AvgIpc) is 2.39. The van der Waals surface area contributed by atoms with Crippen molar-refractivity contribution in [1.29, 1.82) is 0 Å². The van der Waals surface area contributed by atoms with Gasteiger partial charge in [0.15, 0.2) is 0 Å². The number of nitrogens with one attached hydrogen (secondary N) is 2. The van der Waals surface area contributed by atoms with E-state index < -0.39 is 0 Å². The van der Waals surface area contributed by atoms with Gasteiger partial charge in [-0.25, -0.2) is 0 Å². The fraction of sp³-hybridized carbons (Fsp3) is 0.625. The zero-order valence-electron chi connectivity index (χ0n) is 12.5. The topological polar surface area (TPSA) is 27.3 Å². The average molecular weight is 261 g/mol. The van der Waals surface area contributed by atoms with Crippen LogP contribution in [0.5, 0.6) is 0 Å². The maximum Gasteiger partial charge on any atom is 0.0320 e. The molecule has 1 unspecified atom stereocenters. The molecule has 2 rings (SSSR count). The second-order valence-corrected chi connectivity index (χ2v) is 5.80. The molecule has 3 heteroatoms. The van der Waals surface area contributed by atoms with E-state index in [1.165, 1.54) is 23.2 Å². The molecule has 19 heavy (non-hydrogen) atoms. The van der Waals surface area contributed by atoms with Crippen LogP contribution >= 0.6 is 0 Å². The van der Waals surface area contributed by atoms with E-state index in [9.17, 15) is 0 Å². The van der Waals surface area contributed by atoms with Gasteiger partial charge in [0.2, 0.25) is 0 Å². The third-order valence-electron chi connectivity index (χ3n) is 3.93. The van der Waals surface area contributed by atoms with Crippen LogP contribution in [0, 0.1) is 13.8 Å². The minimum atomic E-state index is 0.595. The number of hydrogen-bond donors (Lipinski definition) is 2. The van der Waals surface area contributed by atoms with E-state index in [4.69, 9.17) is 0 Å². The van der Waals surface area contributed by atoms with Crippen molar-refractivity contribution < 1.29 is 0 Å². The highest BCUT2D eigenvalue weighted by molar-refractivity contribution is 5.30. The van der Waals surface area contributed by atoms with Crippen molar-refractivity contribution in [3.05, 3.63) is 34.9 Å². The highest BCUT2D eigenvalue weighted by atomic mass is 15.2. The first-order valence-corrected chi connectivity index (χ1v) is 7.34. The summed E-state index contributed by atoms with van der Waals surface area (Å²) in [4.78, 5) is 2.40. The lowest BCUT2D eigenvalue weighted by Gasteiger charge is -2.31. The Kier molecular flexibility index (Phi) is 5.37. The van der Waals surface area contributed by atoms with E-state index in [0.29, 0.717) is 6.04 Å². The number of rotatable bonds is 5. The van der Waals surface area contributed by atoms with Crippen molar-refractivity contribution in [1.82, 2.24) is 15.5 Å². The summed E-state index contributed by atoms with van der Waals surface area (Å²) in [5.41, 5.74) is 4.24. The van der Waals surface area contributed by atoms with Gasteiger partial charge >= 0.3 is 0 Å². The summed E-state index contributed by atoms with van der Waals surface area (Å²) in [5.74, 6) is 0. The van der Waals surface area contributed by atoms with Gasteiger partial charge in [0.05, 0.1) is 0 Å². The van der Waals surface area contributed by atoms with E-state index in [0.717, 1.165) is 32.6 Å². The molecule has 1 heterocycles. The molecule has 1 aliphatic heterocycles. The summed E-state index contributed by atoms with van der Waals surface area (Å²) in [6, 6.07) is 7.32. The Morgan fingerprint density at radius 1 is 1.37 bits per heavy atom. The van der Waals surface area contributed by atoms with Crippen LogP contribution in [0.2, 0.25) is 0 Å². The van der Waals surface area contributed by atoms with Crippen molar-refractivity contribution in [3.8, 4) is 0 Å². The van der Waals surface area contributed by atoms with Crippen LogP contribution < -0.4 is 10.6 Å². The van der Waals surface area contributed by atoms with Gasteiger partial charge in [-0.15, -0.1) is 0 Å². The van der Waals surface area contributed by atoms with Gasteiger partial charge < -0.3 is 15.5 Å². The SMILES string of the molecule is Cc1ccc(C)c(CCNCC2CN(C)CCN2)c1. The summed E-state index contributed by atoms with van der Waals surface area (Å²) in [6.45, 7) is 9.92. The van der Waals surface area contributed by atoms with Gasteiger partial charge in [0.25, 0.3) is 0 Å². The largest absolute Gasteiger partial charge is 0.315 e. The number of benzene rings is 1. The van der Waals surface area contributed by atoms with Crippen LogP contribution in [0.15, 0.2) is 18.2 Å². The van der Waals surface area contributed by atoms with Crippen LogP contribution in [-0.2, 0) is 6.42 Å². The Balaban J connectivity index is 1.70. The minimum Gasteiger partial charge on any atom is -0.315 e. The molecule has 0 spiro atoms. The van der Waals surface area contributed by atoms with Crippen LogP contribution in [0.4, 0.5) is 0 Å². The smallest absolute Gasteiger partial charge is 0.0320 e. The maximum absolute atomic E-state index is 3.58. The first-order chi connectivity index (χ1) is 9.15. The van der Waals surface area contributed by atoms with Gasteiger partial charge in [-0.05, 0) is 45.0 Å². The highest BCUT2D eigenvalue weighted by Crippen LogP contribution is 2.10. The Morgan fingerprint density at radius 2 is 2.21 bits per heavy atom. The Morgan fingerprint density at radius 3 is 3.00 bits per heavy atom. The Hall–Kier alpha value is -0.900. The number of nitrogens with zero attached hydrogens (tertiary/aromatic N) is 1. The fourth-order valence-corrected chi connectivity index (χ4v) is 2.70. The molecule has 1 fully saturated rings. The maximum atomic E-state index is 3.58. The van der Waals surface area contributed by atoms with Crippen molar-refractivity contribution in [2.45, 2.75) is 26.3 Å². The molecule has 0 saturated carbocycles. The molecule has 1 aromatic carbocycles. The second-order valence-electron chi connectivity index (χ2n) is 5.80. The molecule has 1 aliphatic rings. The van der Waals surface area contributed by atoms with Crippen LogP contribution in [0.25, 0.3) is 0 Å². The zero-order chi connectivity index (χ0) is 13.7. The quantitative estimate of drug-likeness (QED) is 0.783. The van der Waals surface area contributed by atoms with Crippen molar-refractivity contribution in [3.63, 3.8) is 0 Å². The lowest BCUT2D eigenvalue weighted by Crippen LogP contribution is -2.53. The predicted octanol–water partition coefficient (Wildman–Crippen LogP) is 1.34. The molecular weight excluding hydrogens is 234 g/mol. The standard InChI is InChI=1S/C16H27N3/c1-13-4-5-14(2)15(10-13)6-7-17-11-16-12-19(3)9-8-18-16/h4-5,10,16-18H,6-9,11-12H2,1-3H3. The van der Waals surface area contributed by atoms with Crippen molar-refractivity contribution >= 4 is 0 Å². The van der Waals surface area contributed by atoms with E-state index in [2.05, 4.69) is 54.6 Å². The molecule has 2 N–H and O–H groups in total. The number of piperazine rings is 1. The van der Waals surface area contributed by atoms with Crippen molar-refractivity contribution in [2.24, 2.45) is 0 Å². The molecule has 0 radical (unpaired) electrons. The summed E-state index contributed by atoms with van der Waals surface area (Å²) < 4.78 is 0. The fourth-order valence-electron chi connectivity index (χ4n) is 2.70. The van der Waals surface area contributed by atoms with Crippen LogP contribution in [0.1, 0.15) is 16.7 Å². The lowest BCUT2D eigenvalue weighted by molar-refractivity contribution is 0.235. The minimum absolute atomic E-state index is 0.595. The summed E-state index contributed by atoms with van der Waals surface area (Å²) in [6.07, 6.45) is 1.12. The summed E-state index contributed by atoms with van der Waals surface area (Å²) in [7, 11) is 2.20. The van der Waals surface area contributed by atoms with Gasteiger partial charge in [-0.3, -0.25) is 0 Å². The highest BCUT2D eigenvalue weighted by Gasteiger charge is 2.15. The summed E-state index contributed by atoms with van der Waals surface area (Å²) in [5, 5.41) is 7.15. The van der Waals surface area contributed by atoms with Gasteiger partial charge in [-0.2, -0.15) is 0 Å². The Bertz CT molecular complexity index is 403. The van der Waals surface area contributed by atoms with Crippen LogP contribution in [0.3, 0.4) is 0 Å². The molecular formula is C16H27N3. The lowest BCUT2D eigenvalue weighted by atomic mass is 10.0. The van der Waals surface area contributed by atoms with Crippen molar-refractivity contribution in [2.75, 3.05) is 39.8 Å². The third-order valence-corrected chi connectivity index (χ3v) is 3.93. The number of aryl methyl sites for hydroxylation is 2. The summed E-state index contributed by atoms with van der Waals surface area (Å²) >= 11 is 0. The normalized spacial score (nSPS) is 20.7. The van der Waals surface area contributed by atoms with Gasteiger partial charge in [0.1, 0.15) is 0 Å². The number of hydrogen-bond acceptors (Lipinski definition) is 3. The molecule has 1 atom stereocenters. The van der Waals surface area contributed by atoms with E-state index in [-0.39, 0.29) is 0 Å².